The Morgan fingerprint density at radius 2 is 2.25 bits per heavy atom. The van der Waals surface area contributed by atoms with Gasteiger partial charge in [-0.2, -0.15) is 0 Å². The van der Waals surface area contributed by atoms with Crippen LogP contribution in [-0.4, -0.2) is 23.1 Å². The van der Waals surface area contributed by atoms with Gasteiger partial charge in [0.05, 0.1) is 6.33 Å². The summed E-state index contributed by atoms with van der Waals surface area (Å²) in [7, 11) is 0. The first-order chi connectivity index (χ1) is 7.60. The quantitative estimate of drug-likeness (QED) is 0.905. The Morgan fingerprint density at radius 1 is 1.56 bits per heavy atom. The van der Waals surface area contributed by atoms with Crippen LogP contribution in [0.2, 0.25) is 0 Å². The zero-order valence-corrected chi connectivity index (χ0v) is 11.5. The minimum Gasteiger partial charge on any atom is -0.355 e. The fourth-order valence-corrected chi connectivity index (χ4v) is 1.93. The SMILES string of the molecule is CCC(C)CN(CC)c1nc[nH]c(=O)c1Br. The van der Waals surface area contributed by atoms with Crippen molar-refractivity contribution in [2.45, 2.75) is 27.2 Å². The van der Waals surface area contributed by atoms with Crippen LogP contribution < -0.4 is 10.5 Å². The molecular formula is C11H18BrN3O. The second kappa shape index (κ2) is 6.03. The van der Waals surface area contributed by atoms with Crippen LogP contribution in [0.1, 0.15) is 27.2 Å². The van der Waals surface area contributed by atoms with E-state index in [4.69, 9.17) is 0 Å². The van der Waals surface area contributed by atoms with Crippen molar-refractivity contribution in [3.05, 3.63) is 21.2 Å². The molecule has 0 saturated carbocycles. The van der Waals surface area contributed by atoms with Crippen molar-refractivity contribution >= 4 is 21.7 Å². The van der Waals surface area contributed by atoms with Gasteiger partial charge in [-0.3, -0.25) is 4.79 Å². The number of aromatic amines is 1. The van der Waals surface area contributed by atoms with E-state index in [-0.39, 0.29) is 5.56 Å². The van der Waals surface area contributed by atoms with Crippen LogP contribution in [-0.2, 0) is 0 Å². The van der Waals surface area contributed by atoms with Gasteiger partial charge in [-0.1, -0.05) is 20.3 Å². The molecule has 0 amide bonds. The summed E-state index contributed by atoms with van der Waals surface area (Å²) in [6.45, 7) is 8.20. The second-order valence-electron chi connectivity index (χ2n) is 3.92. The van der Waals surface area contributed by atoms with Gasteiger partial charge in [-0.25, -0.2) is 4.98 Å². The summed E-state index contributed by atoms with van der Waals surface area (Å²) in [4.78, 5) is 20.3. The highest BCUT2D eigenvalue weighted by Gasteiger charge is 2.14. The number of hydrogen-bond donors (Lipinski definition) is 1. The molecular weight excluding hydrogens is 270 g/mol. The van der Waals surface area contributed by atoms with E-state index in [0.717, 1.165) is 25.3 Å². The Morgan fingerprint density at radius 3 is 2.81 bits per heavy atom. The van der Waals surface area contributed by atoms with E-state index < -0.39 is 0 Å². The molecule has 4 nitrogen and oxygen atoms in total. The molecule has 1 aromatic rings. The van der Waals surface area contributed by atoms with Crippen molar-refractivity contribution in [3.63, 3.8) is 0 Å². The molecule has 0 spiro atoms. The van der Waals surface area contributed by atoms with E-state index in [0.29, 0.717) is 10.4 Å². The third kappa shape index (κ3) is 3.07. The van der Waals surface area contributed by atoms with E-state index in [1.807, 2.05) is 0 Å². The van der Waals surface area contributed by atoms with E-state index in [9.17, 15) is 4.79 Å². The van der Waals surface area contributed by atoms with E-state index in [1.54, 1.807) is 0 Å². The highest BCUT2D eigenvalue weighted by molar-refractivity contribution is 9.10. The standard InChI is InChI=1S/C11H18BrN3O/c1-4-8(3)6-15(5-2)10-9(12)11(16)14-7-13-10/h7-8H,4-6H2,1-3H3,(H,13,14,16). The summed E-state index contributed by atoms with van der Waals surface area (Å²) in [5.41, 5.74) is -0.132. The van der Waals surface area contributed by atoms with Crippen LogP contribution in [0.25, 0.3) is 0 Å². The summed E-state index contributed by atoms with van der Waals surface area (Å²) >= 11 is 3.29. The van der Waals surface area contributed by atoms with Gasteiger partial charge in [0.25, 0.3) is 5.56 Å². The van der Waals surface area contributed by atoms with Gasteiger partial charge in [-0.15, -0.1) is 0 Å². The molecule has 0 radical (unpaired) electrons. The Balaban J connectivity index is 2.95. The third-order valence-electron chi connectivity index (χ3n) is 2.69. The molecule has 1 unspecified atom stereocenters. The Labute approximate surface area is 104 Å². The molecule has 1 atom stereocenters. The lowest BCUT2D eigenvalue weighted by atomic mass is 10.1. The normalized spacial score (nSPS) is 12.5. The fourth-order valence-electron chi connectivity index (χ4n) is 1.46. The van der Waals surface area contributed by atoms with E-state index >= 15 is 0 Å². The van der Waals surface area contributed by atoms with Gasteiger partial charge in [0.1, 0.15) is 10.3 Å². The zero-order chi connectivity index (χ0) is 12.1. The smallest absolute Gasteiger partial charge is 0.267 e. The second-order valence-corrected chi connectivity index (χ2v) is 4.71. The number of rotatable bonds is 5. The number of nitrogens with one attached hydrogen (secondary N) is 1. The van der Waals surface area contributed by atoms with Crippen LogP contribution >= 0.6 is 15.9 Å². The topological polar surface area (TPSA) is 49.0 Å². The molecule has 0 aliphatic rings. The van der Waals surface area contributed by atoms with E-state index in [1.165, 1.54) is 6.33 Å². The predicted octanol–water partition coefficient (Wildman–Crippen LogP) is 2.40. The highest BCUT2D eigenvalue weighted by Crippen LogP contribution is 2.20. The van der Waals surface area contributed by atoms with Gasteiger partial charge in [0, 0.05) is 13.1 Å². The maximum atomic E-state index is 11.4. The van der Waals surface area contributed by atoms with Gasteiger partial charge in [0.15, 0.2) is 0 Å². The average molecular weight is 288 g/mol. The molecule has 0 fully saturated rings. The number of hydrogen-bond acceptors (Lipinski definition) is 3. The average Bonchev–Trinajstić information content (AvgIpc) is 2.29. The molecule has 0 saturated heterocycles. The molecule has 90 valence electrons. The first-order valence-corrected chi connectivity index (χ1v) is 6.37. The summed E-state index contributed by atoms with van der Waals surface area (Å²) in [5.74, 6) is 1.32. The summed E-state index contributed by atoms with van der Waals surface area (Å²) in [5, 5.41) is 0. The number of halogens is 1. The molecule has 5 heteroatoms. The van der Waals surface area contributed by atoms with Gasteiger partial charge >= 0.3 is 0 Å². The molecule has 0 aliphatic heterocycles. The van der Waals surface area contributed by atoms with Crippen LogP contribution in [0.3, 0.4) is 0 Å². The molecule has 0 aromatic carbocycles. The number of nitrogens with zero attached hydrogens (tertiary/aromatic N) is 2. The van der Waals surface area contributed by atoms with Crippen molar-refractivity contribution in [2.75, 3.05) is 18.0 Å². The molecule has 0 bridgehead atoms. The lowest BCUT2D eigenvalue weighted by molar-refractivity contribution is 0.544. The Bertz CT molecular complexity index is 391. The lowest BCUT2D eigenvalue weighted by Gasteiger charge is -2.25. The van der Waals surface area contributed by atoms with Crippen molar-refractivity contribution in [3.8, 4) is 0 Å². The fraction of sp³-hybridized carbons (Fsp3) is 0.636. The number of H-pyrrole nitrogens is 1. The minimum atomic E-state index is -0.132. The van der Waals surface area contributed by atoms with Gasteiger partial charge in [-0.05, 0) is 28.8 Å². The monoisotopic (exact) mass is 287 g/mol. The summed E-state index contributed by atoms with van der Waals surface area (Å²) in [6.07, 6.45) is 2.57. The van der Waals surface area contributed by atoms with Crippen molar-refractivity contribution in [1.29, 1.82) is 0 Å². The largest absolute Gasteiger partial charge is 0.355 e. The zero-order valence-electron chi connectivity index (χ0n) is 9.96. The predicted molar refractivity (Wildman–Crippen MR) is 69.9 cm³/mol. The van der Waals surface area contributed by atoms with Crippen molar-refractivity contribution < 1.29 is 0 Å². The number of anilines is 1. The molecule has 0 aliphatic carbocycles. The molecule has 1 aromatic heterocycles. The Hall–Kier alpha value is -0.840. The van der Waals surface area contributed by atoms with Crippen molar-refractivity contribution in [1.82, 2.24) is 9.97 Å². The maximum Gasteiger partial charge on any atom is 0.267 e. The van der Waals surface area contributed by atoms with Crippen LogP contribution in [0.15, 0.2) is 15.6 Å². The van der Waals surface area contributed by atoms with Crippen LogP contribution in [0, 0.1) is 5.92 Å². The summed E-state index contributed by atoms with van der Waals surface area (Å²) in [6, 6.07) is 0. The maximum absolute atomic E-state index is 11.4. The first-order valence-electron chi connectivity index (χ1n) is 5.58. The number of aromatic nitrogens is 2. The van der Waals surface area contributed by atoms with Gasteiger partial charge in [0.2, 0.25) is 0 Å². The molecule has 1 heterocycles. The van der Waals surface area contributed by atoms with E-state index in [2.05, 4.69) is 51.6 Å². The molecule has 16 heavy (non-hydrogen) atoms. The molecule has 1 rings (SSSR count). The molecule has 1 N–H and O–H groups in total. The summed E-state index contributed by atoms with van der Waals surface area (Å²) < 4.78 is 0.514. The highest BCUT2D eigenvalue weighted by atomic mass is 79.9. The van der Waals surface area contributed by atoms with Crippen molar-refractivity contribution in [2.24, 2.45) is 5.92 Å². The lowest BCUT2D eigenvalue weighted by Crippen LogP contribution is -2.30. The Kier molecular flexibility index (Phi) is 4.99. The van der Waals surface area contributed by atoms with Crippen LogP contribution in [0.5, 0.6) is 0 Å². The minimum absolute atomic E-state index is 0.132. The first kappa shape index (κ1) is 13.2. The van der Waals surface area contributed by atoms with Crippen LogP contribution in [0.4, 0.5) is 5.82 Å². The third-order valence-corrected chi connectivity index (χ3v) is 3.40. The van der Waals surface area contributed by atoms with Gasteiger partial charge < -0.3 is 9.88 Å².